The van der Waals surface area contributed by atoms with E-state index >= 15 is 0 Å². The highest BCUT2D eigenvalue weighted by Crippen LogP contribution is 2.33. The minimum Gasteiger partial charge on any atom is -0.380 e. The molecule has 5 heteroatoms. The van der Waals surface area contributed by atoms with Crippen LogP contribution in [0.4, 0.5) is 11.4 Å². The van der Waals surface area contributed by atoms with Crippen molar-refractivity contribution in [2.45, 2.75) is 19.9 Å². The molecule has 0 atom stereocenters. The quantitative estimate of drug-likeness (QED) is 0.879. The summed E-state index contributed by atoms with van der Waals surface area (Å²) in [6.07, 6.45) is 0.400. The molecule has 0 saturated heterocycles. The molecule has 2 aromatic carbocycles. The van der Waals surface area contributed by atoms with E-state index in [0.29, 0.717) is 18.0 Å². The Morgan fingerprint density at radius 2 is 2.00 bits per heavy atom. The molecule has 0 saturated carbocycles. The van der Waals surface area contributed by atoms with Crippen molar-refractivity contribution in [1.29, 1.82) is 0 Å². The first-order valence-corrected chi connectivity index (χ1v) is 7.39. The van der Waals surface area contributed by atoms with E-state index in [2.05, 4.69) is 10.6 Å². The highest BCUT2D eigenvalue weighted by molar-refractivity contribution is 6.33. The SMILES string of the molecule is Cc1ccc(CNc2cc3c(cc2Cl)NC(=O)C3)cc1Cl. The molecule has 0 spiro atoms. The zero-order valence-electron chi connectivity index (χ0n) is 11.5. The molecular formula is C16H14Cl2N2O. The van der Waals surface area contributed by atoms with Gasteiger partial charge in [-0.15, -0.1) is 0 Å². The molecule has 1 heterocycles. The van der Waals surface area contributed by atoms with Gasteiger partial charge in [-0.05, 0) is 41.8 Å². The van der Waals surface area contributed by atoms with Gasteiger partial charge >= 0.3 is 0 Å². The van der Waals surface area contributed by atoms with E-state index in [1.165, 1.54) is 0 Å². The van der Waals surface area contributed by atoms with Crippen LogP contribution in [0.15, 0.2) is 30.3 Å². The van der Waals surface area contributed by atoms with Gasteiger partial charge in [0, 0.05) is 17.3 Å². The summed E-state index contributed by atoms with van der Waals surface area (Å²) >= 11 is 12.4. The van der Waals surface area contributed by atoms with Crippen LogP contribution in [0.3, 0.4) is 0 Å². The van der Waals surface area contributed by atoms with E-state index in [9.17, 15) is 4.79 Å². The van der Waals surface area contributed by atoms with Crippen LogP contribution in [-0.4, -0.2) is 5.91 Å². The molecule has 0 bridgehead atoms. The number of halogens is 2. The lowest BCUT2D eigenvalue weighted by Crippen LogP contribution is -2.03. The molecule has 0 aliphatic carbocycles. The lowest BCUT2D eigenvalue weighted by molar-refractivity contribution is -0.115. The first-order chi connectivity index (χ1) is 10.0. The van der Waals surface area contributed by atoms with E-state index in [4.69, 9.17) is 23.2 Å². The maximum Gasteiger partial charge on any atom is 0.228 e. The molecule has 0 fully saturated rings. The average molecular weight is 321 g/mol. The van der Waals surface area contributed by atoms with Crippen LogP contribution in [0.5, 0.6) is 0 Å². The molecule has 1 aliphatic heterocycles. The summed E-state index contributed by atoms with van der Waals surface area (Å²) < 4.78 is 0. The fourth-order valence-corrected chi connectivity index (χ4v) is 2.76. The molecule has 0 radical (unpaired) electrons. The molecule has 2 N–H and O–H groups in total. The Morgan fingerprint density at radius 1 is 1.19 bits per heavy atom. The molecule has 108 valence electrons. The highest BCUT2D eigenvalue weighted by Gasteiger charge is 2.19. The second-order valence-corrected chi connectivity index (χ2v) is 5.97. The normalized spacial score (nSPS) is 13.0. The van der Waals surface area contributed by atoms with Crippen molar-refractivity contribution in [2.24, 2.45) is 0 Å². The first kappa shape index (κ1) is 14.2. The van der Waals surface area contributed by atoms with Crippen LogP contribution < -0.4 is 10.6 Å². The van der Waals surface area contributed by atoms with Gasteiger partial charge in [-0.25, -0.2) is 0 Å². The fourth-order valence-electron chi connectivity index (χ4n) is 2.33. The van der Waals surface area contributed by atoms with Crippen LogP contribution in [-0.2, 0) is 17.8 Å². The second-order valence-electron chi connectivity index (χ2n) is 5.15. The van der Waals surface area contributed by atoms with Crippen molar-refractivity contribution in [3.8, 4) is 0 Å². The third kappa shape index (κ3) is 2.99. The highest BCUT2D eigenvalue weighted by atomic mass is 35.5. The molecule has 1 amide bonds. The topological polar surface area (TPSA) is 41.1 Å². The number of nitrogens with one attached hydrogen (secondary N) is 2. The van der Waals surface area contributed by atoms with E-state index in [1.807, 2.05) is 31.2 Å². The van der Waals surface area contributed by atoms with Crippen LogP contribution >= 0.6 is 23.2 Å². The molecule has 3 nitrogen and oxygen atoms in total. The van der Waals surface area contributed by atoms with Crippen molar-refractivity contribution in [3.05, 3.63) is 57.1 Å². The van der Waals surface area contributed by atoms with Crippen molar-refractivity contribution in [1.82, 2.24) is 0 Å². The van der Waals surface area contributed by atoms with Crippen LogP contribution in [0.2, 0.25) is 10.0 Å². The van der Waals surface area contributed by atoms with Gasteiger partial charge in [-0.2, -0.15) is 0 Å². The van der Waals surface area contributed by atoms with Crippen LogP contribution in [0.1, 0.15) is 16.7 Å². The van der Waals surface area contributed by atoms with Gasteiger partial charge in [0.2, 0.25) is 5.91 Å². The maximum atomic E-state index is 11.4. The summed E-state index contributed by atoms with van der Waals surface area (Å²) in [5.74, 6) is 0.00327. The predicted octanol–water partition coefficient (Wildman–Crippen LogP) is 4.41. The lowest BCUT2D eigenvalue weighted by Gasteiger charge is -2.11. The van der Waals surface area contributed by atoms with E-state index in [0.717, 1.165) is 33.1 Å². The van der Waals surface area contributed by atoms with Crippen LogP contribution in [0, 0.1) is 6.92 Å². The summed E-state index contributed by atoms with van der Waals surface area (Å²) in [5.41, 5.74) is 4.73. The predicted molar refractivity (Wildman–Crippen MR) is 87.3 cm³/mol. The Kier molecular flexibility index (Phi) is 3.79. The smallest absolute Gasteiger partial charge is 0.228 e. The standard InChI is InChI=1S/C16H14Cl2N2O/c1-9-2-3-10(4-12(9)17)8-19-15-5-11-6-16(21)20-14(11)7-13(15)18/h2-5,7,19H,6,8H2,1H3,(H,20,21). The summed E-state index contributed by atoms with van der Waals surface area (Å²) in [6.45, 7) is 2.60. The number of carbonyl (C=O) groups is 1. The Morgan fingerprint density at radius 3 is 2.76 bits per heavy atom. The van der Waals surface area contributed by atoms with Gasteiger partial charge in [-0.1, -0.05) is 35.3 Å². The van der Waals surface area contributed by atoms with Crippen molar-refractivity contribution < 1.29 is 4.79 Å². The van der Waals surface area contributed by atoms with Crippen molar-refractivity contribution >= 4 is 40.5 Å². The minimum atomic E-state index is 0.00327. The number of carbonyl (C=O) groups excluding carboxylic acids is 1. The number of anilines is 2. The van der Waals surface area contributed by atoms with Crippen molar-refractivity contribution in [2.75, 3.05) is 10.6 Å². The molecule has 0 aromatic heterocycles. The van der Waals surface area contributed by atoms with Gasteiger partial charge in [0.15, 0.2) is 0 Å². The summed E-state index contributed by atoms with van der Waals surface area (Å²) in [4.78, 5) is 11.4. The molecule has 0 unspecified atom stereocenters. The number of aryl methyl sites for hydroxylation is 1. The van der Waals surface area contributed by atoms with Gasteiger partial charge in [0.25, 0.3) is 0 Å². The Balaban J connectivity index is 1.78. The molecular weight excluding hydrogens is 307 g/mol. The van der Waals surface area contributed by atoms with E-state index < -0.39 is 0 Å². The number of hydrogen-bond acceptors (Lipinski definition) is 2. The largest absolute Gasteiger partial charge is 0.380 e. The monoisotopic (exact) mass is 320 g/mol. The number of rotatable bonds is 3. The zero-order chi connectivity index (χ0) is 15.0. The first-order valence-electron chi connectivity index (χ1n) is 6.64. The Labute approximate surface area is 133 Å². The average Bonchev–Trinajstić information content (AvgIpc) is 2.79. The summed E-state index contributed by atoms with van der Waals surface area (Å²) in [5, 5.41) is 7.42. The van der Waals surface area contributed by atoms with Crippen molar-refractivity contribution in [3.63, 3.8) is 0 Å². The lowest BCUT2D eigenvalue weighted by atomic mass is 10.1. The van der Waals surface area contributed by atoms with Crippen LogP contribution in [0.25, 0.3) is 0 Å². The second kappa shape index (κ2) is 5.58. The third-order valence-electron chi connectivity index (χ3n) is 3.54. The number of amides is 1. The van der Waals surface area contributed by atoms with E-state index in [-0.39, 0.29) is 5.91 Å². The number of fused-ring (bicyclic) bond motifs is 1. The molecule has 3 rings (SSSR count). The summed E-state index contributed by atoms with van der Waals surface area (Å²) in [6, 6.07) is 9.67. The Bertz CT molecular complexity index is 728. The maximum absolute atomic E-state index is 11.4. The van der Waals surface area contributed by atoms with Gasteiger partial charge in [-0.3, -0.25) is 4.79 Å². The van der Waals surface area contributed by atoms with Gasteiger partial charge in [0.05, 0.1) is 17.1 Å². The molecule has 21 heavy (non-hydrogen) atoms. The molecule has 2 aromatic rings. The number of hydrogen-bond donors (Lipinski definition) is 2. The number of benzene rings is 2. The minimum absolute atomic E-state index is 0.00327. The van der Waals surface area contributed by atoms with Gasteiger partial charge in [0.1, 0.15) is 0 Å². The fraction of sp³-hybridized carbons (Fsp3) is 0.188. The molecule has 1 aliphatic rings. The van der Waals surface area contributed by atoms with E-state index in [1.54, 1.807) is 6.07 Å². The Hall–Kier alpha value is -1.71. The summed E-state index contributed by atoms with van der Waals surface area (Å²) in [7, 11) is 0. The third-order valence-corrected chi connectivity index (χ3v) is 4.26. The zero-order valence-corrected chi connectivity index (χ0v) is 13.0. The van der Waals surface area contributed by atoms with Gasteiger partial charge < -0.3 is 10.6 Å².